The third-order valence-corrected chi connectivity index (χ3v) is 3.29. The van der Waals surface area contributed by atoms with E-state index in [4.69, 9.17) is 23.8 Å². The standard InChI is InChI=1S/C15H13ClF2N2S/c16-11-3-1-10(2-4-11)7-8-19-15(21)20-14-6-5-12(17)9-13(14)18/h1-6,9H,7-8H2,(H2,19,20,21). The van der Waals surface area contributed by atoms with Gasteiger partial charge in [-0.3, -0.25) is 0 Å². The fourth-order valence-corrected chi connectivity index (χ4v) is 2.07. The van der Waals surface area contributed by atoms with Crippen LogP contribution in [0.15, 0.2) is 42.5 Å². The van der Waals surface area contributed by atoms with Crippen molar-refractivity contribution >= 4 is 34.6 Å². The highest BCUT2D eigenvalue weighted by atomic mass is 35.5. The molecular formula is C15H13ClF2N2S. The monoisotopic (exact) mass is 326 g/mol. The molecular weight excluding hydrogens is 314 g/mol. The Morgan fingerprint density at radius 1 is 1.10 bits per heavy atom. The van der Waals surface area contributed by atoms with Crippen LogP contribution >= 0.6 is 23.8 Å². The summed E-state index contributed by atoms with van der Waals surface area (Å²) in [6.45, 7) is 0.594. The number of anilines is 1. The van der Waals surface area contributed by atoms with Gasteiger partial charge in [0.15, 0.2) is 5.11 Å². The molecule has 0 amide bonds. The van der Waals surface area contributed by atoms with Gasteiger partial charge in [-0.1, -0.05) is 23.7 Å². The van der Waals surface area contributed by atoms with Gasteiger partial charge in [0.1, 0.15) is 11.6 Å². The zero-order chi connectivity index (χ0) is 15.2. The molecule has 0 aliphatic rings. The van der Waals surface area contributed by atoms with Gasteiger partial charge in [0.2, 0.25) is 0 Å². The Balaban J connectivity index is 1.81. The van der Waals surface area contributed by atoms with Crippen LogP contribution < -0.4 is 10.6 Å². The second-order valence-corrected chi connectivity index (χ2v) is 5.23. The van der Waals surface area contributed by atoms with Crippen molar-refractivity contribution in [3.05, 3.63) is 64.7 Å². The van der Waals surface area contributed by atoms with Crippen molar-refractivity contribution in [2.45, 2.75) is 6.42 Å². The third kappa shape index (κ3) is 4.95. The van der Waals surface area contributed by atoms with Gasteiger partial charge in [-0.05, 0) is 48.5 Å². The molecule has 110 valence electrons. The van der Waals surface area contributed by atoms with E-state index in [1.54, 1.807) is 0 Å². The predicted molar refractivity (Wildman–Crippen MR) is 85.7 cm³/mol. The summed E-state index contributed by atoms with van der Waals surface area (Å²) in [6, 6.07) is 10.8. The molecule has 0 aromatic heterocycles. The van der Waals surface area contributed by atoms with Crippen LogP contribution in [0, 0.1) is 11.6 Å². The van der Waals surface area contributed by atoms with E-state index in [0.29, 0.717) is 11.6 Å². The molecule has 21 heavy (non-hydrogen) atoms. The van der Waals surface area contributed by atoms with Crippen LogP contribution in [0.4, 0.5) is 14.5 Å². The van der Waals surface area contributed by atoms with E-state index in [2.05, 4.69) is 10.6 Å². The second-order valence-electron chi connectivity index (χ2n) is 4.38. The Morgan fingerprint density at radius 3 is 2.48 bits per heavy atom. The highest BCUT2D eigenvalue weighted by molar-refractivity contribution is 7.80. The van der Waals surface area contributed by atoms with Crippen molar-refractivity contribution in [1.29, 1.82) is 0 Å². The minimum absolute atomic E-state index is 0.139. The average Bonchev–Trinajstić information content (AvgIpc) is 2.44. The molecule has 0 unspecified atom stereocenters. The molecule has 2 nitrogen and oxygen atoms in total. The molecule has 0 saturated heterocycles. The van der Waals surface area contributed by atoms with Gasteiger partial charge >= 0.3 is 0 Å². The van der Waals surface area contributed by atoms with Gasteiger partial charge in [0, 0.05) is 17.6 Å². The van der Waals surface area contributed by atoms with Gasteiger partial charge in [0.05, 0.1) is 5.69 Å². The smallest absolute Gasteiger partial charge is 0.170 e. The number of hydrogen-bond donors (Lipinski definition) is 2. The predicted octanol–water partition coefficient (Wildman–Crippen LogP) is 4.15. The molecule has 2 rings (SSSR count). The summed E-state index contributed by atoms with van der Waals surface area (Å²) >= 11 is 10.9. The van der Waals surface area contributed by atoms with E-state index in [1.165, 1.54) is 12.1 Å². The zero-order valence-electron chi connectivity index (χ0n) is 11.0. The molecule has 2 aromatic rings. The molecule has 0 aliphatic carbocycles. The molecule has 6 heteroatoms. The van der Waals surface area contributed by atoms with Crippen LogP contribution in [0.2, 0.25) is 5.02 Å². The lowest BCUT2D eigenvalue weighted by Crippen LogP contribution is -2.30. The van der Waals surface area contributed by atoms with Crippen LogP contribution in [0.1, 0.15) is 5.56 Å². The minimum atomic E-state index is -0.683. The van der Waals surface area contributed by atoms with Crippen LogP contribution in [-0.2, 0) is 6.42 Å². The van der Waals surface area contributed by atoms with E-state index < -0.39 is 11.6 Å². The maximum Gasteiger partial charge on any atom is 0.170 e. The van der Waals surface area contributed by atoms with Gasteiger partial charge in [-0.25, -0.2) is 8.78 Å². The molecule has 0 atom stereocenters. The lowest BCUT2D eigenvalue weighted by Gasteiger charge is -2.11. The van der Waals surface area contributed by atoms with Crippen molar-refractivity contribution in [1.82, 2.24) is 5.32 Å². The lowest BCUT2D eigenvalue weighted by atomic mass is 10.1. The topological polar surface area (TPSA) is 24.1 Å². The maximum atomic E-state index is 13.4. The highest BCUT2D eigenvalue weighted by Gasteiger charge is 2.05. The summed E-state index contributed by atoms with van der Waals surface area (Å²) in [5.74, 6) is -1.31. The van der Waals surface area contributed by atoms with E-state index in [0.717, 1.165) is 18.1 Å². The Kier molecular flexibility index (Phi) is 5.47. The van der Waals surface area contributed by atoms with Crippen molar-refractivity contribution in [3.63, 3.8) is 0 Å². The Bertz CT molecular complexity index is 632. The van der Waals surface area contributed by atoms with E-state index in [-0.39, 0.29) is 10.8 Å². The Morgan fingerprint density at radius 2 is 1.81 bits per heavy atom. The molecule has 0 aliphatic heterocycles. The summed E-state index contributed by atoms with van der Waals surface area (Å²) in [5.41, 5.74) is 1.25. The number of halogens is 3. The summed E-state index contributed by atoms with van der Waals surface area (Å²) < 4.78 is 26.2. The Hall–Kier alpha value is -1.72. The van der Waals surface area contributed by atoms with Gasteiger partial charge in [-0.2, -0.15) is 0 Å². The zero-order valence-corrected chi connectivity index (χ0v) is 12.6. The quantitative estimate of drug-likeness (QED) is 0.825. The van der Waals surface area contributed by atoms with Gasteiger partial charge in [0.25, 0.3) is 0 Å². The lowest BCUT2D eigenvalue weighted by molar-refractivity contribution is 0.586. The van der Waals surface area contributed by atoms with Crippen LogP contribution in [0.3, 0.4) is 0 Å². The number of hydrogen-bond acceptors (Lipinski definition) is 1. The number of rotatable bonds is 4. The minimum Gasteiger partial charge on any atom is -0.362 e. The third-order valence-electron chi connectivity index (χ3n) is 2.79. The largest absolute Gasteiger partial charge is 0.362 e. The van der Waals surface area contributed by atoms with Gasteiger partial charge in [-0.15, -0.1) is 0 Å². The van der Waals surface area contributed by atoms with Crippen molar-refractivity contribution < 1.29 is 8.78 Å². The van der Waals surface area contributed by atoms with Crippen molar-refractivity contribution in [2.75, 3.05) is 11.9 Å². The first kappa shape index (κ1) is 15.7. The Labute approximate surface area is 132 Å². The molecule has 0 heterocycles. The molecule has 2 aromatic carbocycles. The molecule has 0 saturated carbocycles. The van der Waals surface area contributed by atoms with E-state index >= 15 is 0 Å². The summed E-state index contributed by atoms with van der Waals surface area (Å²) in [7, 11) is 0. The van der Waals surface area contributed by atoms with Crippen LogP contribution in [0.5, 0.6) is 0 Å². The molecule has 0 radical (unpaired) electrons. The highest BCUT2D eigenvalue weighted by Crippen LogP contribution is 2.14. The summed E-state index contributed by atoms with van der Waals surface area (Å²) in [4.78, 5) is 0. The molecule has 2 N–H and O–H groups in total. The molecule has 0 fully saturated rings. The first-order valence-electron chi connectivity index (χ1n) is 6.29. The summed E-state index contributed by atoms with van der Waals surface area (Å²) in [6.07, 6.45) is 0.755. The van der Waals surface area contributed by atoms with Crippen molar-refractivity contribution in [3.8, 4) is 0 Å². The average molecular weight is 327 g/mol. The van der Waals surface area contributed by atoms with Crippen molar-refractivity contribution in [2.24, 2.45) is 0 Å². The van der Waals surface area contributed by atoms with E-state index in [9.17, 15) is 8.78 Å². The normalized spacial score (nSPS) is 10.2. The van der Waals surface area contributed by atoms with Crippen LogP contribution in [0.25, 0.3) is 0 Å². The fraction of sp³-hybridized carbons (Fsp3) is 0.133. The van der Waals surface area contributed by atoms with Crippen LogP contribution in [-0.4, -0.2) is 11.7 Å². The fourth-order valence-electron chi connectivity index (χ4n) is 1.73. The SMILES string of the molecule is Fc1ccc(NC(=S)NCCc2ccc(Cl)cc2)c(F)c1. The molecule has 0 spiro atoms. The first-order chi connectivity index (χ1) is 10.0. The number of thiocarbonyl (C=S) groups is 1. The first-order valence-corrected chi connectivity index (χ1v) is 7.07. The second kappa shape index (κ2) is 7.33. The maximum absolute atomic E-state index is 13.4. The number of benzene rings is 2. The summed E-state index contributed by atoms with van der Waals surface area (Å²) in [5, 5.41) is 6.63. The molecule has 0 bridgehead atoms. The van der Waals surface area contributed by atoms with E-state index in [1.807, 2.05) is 24.3 Å². The van der Waals surface area contributed by atoms with Gasteiger partial charge < -0.3 is 10.6 Å². The number of nitrogens with one attached hydrogen (secondary N) is 2.